The topological polar surface area (TPSA) is 39.2 Å². The summed E-state index contributed by atoms with van der Waals surface area (Å²) in [4.78, 5) is 7.62. The van der Waals surface area contributed by atoms with E-state index in [2.05, 4.69) is 45.0 Å². The molecule has 0 aromatic heterocycles. The lowest BCUT2D eigenvalue weighted by molar-refractivity contribution is -0.176. The molecule has 5 aliphatic heterocycles. The Morgan fingerprint density at radius 2 is 1.60 bits per heavy atom. The van der Waals surface area contributed by atoms with Gasteiger partial charge in [0.25, 0.3) is 0 Å². The highest BCUT2D eigenvalue weighted by atomic mass is 16.5. The molecule has 5 heteroatoms. The van der Waals surface area contributed by atoms with E-state index in [1.807, 2.05) is 0 Å². The number of hydrogen-bond acceptors (Lipinski definition) is 5. The minimum atomic E-state index is -0.664. The van der Waals surface area contributed by atoms with Crippen LogP contribution in [0.1, 0.15) is 5.56 Å². The van der Waals surface area contributed by atoms with Gasteiger partial charge in [0.2, 0.25) is 0 Å². The second kappa shape index (κ2) is 6.03. The summed E-state index contributed by atoms with van der Waals surface area (Å²) in [5.74, 6) is 0.320. The number of piperidine rings is 2. The summed E-state index contributed by atoms with van der Waals surface area (Å²) in [6, 6.07) is 10.8. The normalized spacial score (nSPS) is 44.0. The third-order valence-corrected chi connectivity index (χ3v) is 7.08. The molecule has 5 nitrogen and oxygen atoms in total. The Hall–Kier alpha value is -0.980. The Bertz CT molecular complexity index is 603. The molecule has 5 fully saturated rings. The van der Waals surface area contributed by atoms with Crippen molar-refractivity contribution in [3.05, 3.63) is 35.9 Å². The number of benzene rings is 1. The van der Waals surface area contributed by atoms with Crippen LogP contribution in [0.2, 0.25) is 0 Å². The minimum Gasteiger partial charge on any atom is -0.387 e. The van der Waals surface area contributed by atoms with Gasteiger partial charge in [-0.25, -0.2) is 0 Å². The number of hydrogen-bond donors (Lipinski definition) is 1. The average molecular weight is 343 g/mol. The van der Waals surface area contributed by atoms with Gasteiger partial charge in [-0.05, 0) is 5.56 Å². The van der Waals surface area contributed by atoms with E-state index in [4.69, 9.17) is 4.74 Å². The third-order valence-electron chi connectivity index (χ3n) is 7.08. The van der Waals surface area contributed by atoms with E-state index < -0.39 is 5.60 Å². The van der Waals surface area contributed by atoms with Crippen LogP contribution in [-0.4, -0.2) is 97.5 Å². The van der Waals surface area contributed by atoms with Gasteiger partial charge in [-0.2, -0.15) is 0 Å². The van der Waals surface area contributed by atoms with Gasteiger partial charge in [0, 0.05) is 64.8 Å². The van der Waals surface area contributed by atoms with Crippen molar-refractivity contribution in [1.29, 1.82) is 0 Å². The van der Waals surface area contributed by atoms with Gasteiger partial charge in [0.15, 0.2) is 0 Å². The number of morpholine rings is 1. The van der Waals surface area contributed by atoms with Crippen LogP contribution in [0.4, 0.5) is 0 Å². The zero-order valence-corrected chi connectivity index (χ0v) is 14.9. The van der Waals surface area contributed by atoms with Crippen molar-refractivity contribution in [2.45, 2.75) is 11.0 Å². The molecular weight excluding hydrogens is 314 g/mol. The van der Waals surface area contributed by atoms with Crippen LogP contribution < -0.4 is 0 Å². The molecule has 1 N–H and O–H groups in total. The van der Waals surface area contributed by atoms with Crippen molar-refractivity contribution in [3.8, 4) is 0 Å². The van der Waals surface area contributed by atoms with Gasteiger partial charge >= 0.3 is 0 Å². The zero-order valence-electron chi connectivity index (χ0n) is 14.9. The van der Waals surface area contributed by atoms with Crippen molar-refractivity contribution in [2.24, 2.45) is 5.92 Å². The van der Waals surface area contributed by atoms with Crippen LogP contribution in [-0.2, 0) is 10.2 Å². The third kappa shape index (κ3) is 2.48. The lowest BCUT2D eigenvalue weighted by Crippen LogP contribution is -2.76. The Morgan fingerprint density at radius 3 is 2.24 bits per heavy atom. The highest BCUT2D eigenvalue weighted by molar-refractivity contribution is 5.36. The molecule has 136 valence electrons. The fourth-order valence-corrected chi connectivity index (χ4v) is 5.78. The first kappa shape index (κ1) is 16.2. The summed E-state index contributed by atoms with van der Waals surface area (Å²) in [6.07, 6.45) is 0. The van der Waals surface area contributed by atoms with Crippen LogP contribution in [0.3, 0.4) is 0 Å². The number of fused-ring (bicyclic) bond motifs is 1. The van der Waals surface area contributed by atoms with Gasteiger partial charge in [-0.3, -0.25) is 4.90 Å². The van der Waals surface area contributed by atoms with Crippen LogP contribution in [0.25, 0.3) is 0 Å². The Kier molecular flexibility index (Phi) is 3.91. The van der Waals surface area contributed by atoms with Gasteiger partial charge in [-0.1, -0.05) is 30.3 Å². The molecule has 5 heterocycles. The van der Waals surface area contributed by atoms with Crippen molar-refractivity contribution in [1.82, 2.24) is 14.7 Å². The summed E-state index contributed by atoms with van der Waals surface area (Å²) >= 11 is 0. The second-order valence-electron chi connectivity index (χ2n) is 8.43. The first-order valence-electron chi connectivity index (χ1n) is 9.72. The smallest absolute Gasteiger partial charge is 0.0947 e. The van der Waals surface area contributed by atoms with E-state index in [-0.39, 0.29) is 5.41 Å². The van der Waals surface area contributed by atoms with E-state index in [0.717, 1.165) is 72.1 Å². The van der Waals surface area contributed by atoms with Gasteiger partial charge in [0.05, 0.1) is 24.2 Å². The Balaban J connectivity index is 1.57. The molecule has 6 rings (SSSR count). The number of nitrogens with zero attached hydrogens (tertiary/aromatic N) is 3. The first-order valence-corrected chi connectivity index (χ1v) is 9.72. The maximum absolute atomic E-state index is 12.2. The SMILES string of the molecule is O[C@]1(CN2CCOCC2)C2CN3CCN(C2)CC1(c1ccccc1)C3. The molecule has 0 aliphatic carbocycles. The maximum atomic E-state index is 12.2. The highest BCUT2D eigenvalue weighted by Gasteiger charge is 2.64. The summed E-state index contributed by atoms with van der Waals surface area (Å²) in [7, 11) is 0. The van der Waals surface area contributed by atoms with Crippen LogP contribution in [0, 0.1) is 5.92 Å². The lowest BCUT2D eigenvalue weighted by Gasteiger charge is -2.62. The molecule has 5 saturated heterocycles. The molecule has 5 aliphatic rings. The molecule has 1 aromatic carbocycles. The Labute approximate surface area is 150 Å². The summed E-state index contributed by atoms with van der Waals surface area (Å²) in [6.45, 7) is 10.5. The molecule has 25 heavy (non-hydrogen) atoms. The van der Waals surface area contributed by atoms with E-state index in [1.165, 1.54) is 5.56 Å². The van der Waals surface area contributed by atoms with Crippen molar-refractivity contribution in [3.63, 3.8) is 0 Å². The predicted molar refractivity (Wildman–Crippen MR) is 96.7 cm³/mol. The fourth-order valence-electron chi connectivity index (χ4n) is 5.78. The molecule has 0 spiro atoms. The quantitative estimate of drug-likeness (QED) is 0.852. The number of ether oxygens (including phenoxy) is 1. The highest BCUT2D eigenvalue weighted by Crippen LogP contribution is 2.50. The zero-order chi connectivity index (χ0) is 16.9. The molecular formula is C20H29N3O2. The maximum Gasteiger partial charge on any atom is 0.0947 e. The van der Waals surface area contributed by atoms with Gasteiger partial charge in [0.1, 0.15) is 0 Å². The first-order chi connectivity index (χ1) is 12.2. The molecule has 0 radical (unpaired) electrons. The second-order valence-corrected chi connectivity index (χ2v) is 8.43. The minimum absolute atomic E-state index is 0.190. The van der Waals surface area contributed by atoms with Crippen LogP contribution in [0.5, 0.6) is 0 Å². The number of rotatable bonds is 3. The lowest BCUT2D eigenvalue weighted by atomic mass is 9.57. The average Bonchev–Trinajstić information content (AvgIpc) is 2.91. The van der Waals surface area contributed by atoms with E-state index in [9.17, 15) is 5.11 Å². The van der Waals surface area contributed by atoms with Crippen molar-refractivity contribution in [2.75, 3.05) is 72.1 Å². The Morgan fingerprint density at radius 1 is 0.960 bits per heavy atom. The fraction of sp³-hybridized carbons (Fsp3) is 0.700. The summed E-state index contributed by atoms with van der Waals surface area (Å²) in [5.41, 5.74) is 0.458. The van der Waals surface area contributed by atoms with Gasteiger partial charge in [-0.15, -0.1) is 0 Å². The van der Waals surface area contributed by atoms with Gasteiger partial charge < -0.3 is 19.6 Å². The molecule has 3 atom stereocenters. The number of aliphatic hydroxyl groups is 1. The largest absolute Gasteiger partial charge is 0.387 e. The van der Waals surface area contributed by atoms with E-state index in [1.54, 1.807) is 0 Å². The molecule has 0 saturated carbocycles. The monoisotopic (exact) mass is 343 g/mol. The molecule has 0 amide bonds. The van der Waals surface area contributed by atoms with E-state index >= 15 is 0 Å². The molecule has 4 bridgehead atoms. The van der Waals surface area contributed by atoms with Crippen molar-refractivity contribution >= 4 is 0 Å². The van der Waals surface area contributed by atoms with Crippen molar-refractivity contribution < 1.29 is 9.84 Å². The summed E-state index contributed by atoms with van der Waals surface area (Å²) < 4.78 is 5.53. The molecule has 2 unspecified atom stereocenters. The molecule has 1 aromatic rings. The van der Waals surface area contributed by atoms with Crippen LogP contribution in [0.15, 0.2) is 30.3 Å². The van der Waals surface area contributed by atoms with Crippen LogP contribution >= 0.6 is 0 Å². The number of β-amino-alcohol motifs (C(OH)–C–C–N with tert-alkyl or cyclic N) is 1. The summed E-state index contributed by atoms with van der Waals surface area (Å²) in [5, 5.41) is 12.2. The predicted octanol–water partition coefficient (Wildman–Crippen LogP) is 0.249. The van der Waals surface area contributed by atoms with E-state index in [0.29, 0.717) is 5.92 Å². The standard InChI is InChI=1S/C20H29N3O2/c24-20(16-21-8-10-25-11-9-21)18-12-22-6-7-23(13-18)15-19(20,14-22)17-4-2-1-3-5-17/h1-5,18,24H,6-16H2/t18?,19?,20-/m1/s1.